The molecule has 1 saturated heterocycles. The summed E-state index contributed by atoms with van der Waals surface area (Å²) in [6, 6.07) is 2.19. The van der Waals surface area contributed by atoms with E-state index in [0.29, 0.717) is 31.4 Å². The van der Waals surface area contributed by atoms with E-state index < -0.39 is 84.2 Å². The molecule has 17 nitrogen and oxygen atoms in total. The van der Waals surface area contributed by atoms with Gasteiger partial charge < -0.3 is 48.1 Å². The van der Waals surface area contributed by atoms with Crippen LogP contribution in [0.1, 0.15) is 71.3 Å². The van der Waals surface area contributed by atoms with Crippen LogP contribution in [0.15, 0.2) is 30.3 Å². The Labute approximate surface area is 291 Å². The smallest absolute Gasteiger partial charge is 0.325 e. The van der Waals surface area contributed by atoms with Gasteiger partial charge in [-0.2, -0.15) is 0 Å². The van der Waals surface area contributed by atoms with E-state index in [2.05, 4.69) is 26.6 Å². The number of benzene rings is 1. The van der Waals surface area contributed by atoms with Gasteiger partial charge in [0.1, 0.15) is 30.2 Å². The number of nitrogens with two attached hydrogens (primary N) is 2. The lowest BCUT2D eigenvalue weighted by molar-refractivity contribution is -0.142. The van der Waals surface area contributed by atoms with Crippen LogP contribution in [-0.4, -0.2) is 107 Å². The van der Waals surface area contributed by atoms with Crippen molar-refractivity contribution in [2.45, 2.75) is 108 Å². The summed E-state index contributed by atoms with van der Waals surface area (Å²) in [7, 11) is 0. The number of hydrogen-bond donors (Lipinski definition) is 8. The van der Waals surface area contributed by atoms with Crippen molar-refractivity contribution in [1.29, 1.82) is 0 Å². The minimum Gasteiger partial charge on any atom is -0.480 e. The van der Waals surface area contributed by atoms with Crippen LogP contribution >= 0.6 is 0 Å². The molecule has 1 fully saturated rings. The second-order valence-electron chi connectivity index (χ2n) is 12.3. The Morgan fingerprint density at radius 1 is 0.880 bits per heavy atom. The average molecular weight is 703 g/mol. The molecule has 1 heterocycles. The highest BCUT2D eigenvalue weighted by Gasteiger charge is 2.36. The maximum atomic E-state index is 13.4. The summed E-state index contributed by atoms with van der Waals surface area (Å²) in [5.41, 5.74) is 11.9. The van der Waals surface area contributed by atoms with Gasteiger partial charge in [-0.05, 0) is 45.1 Å². The fourth-order valence-corrected chi connectivity index (χ4v) is 5.26. The summed E-state index contributed by atoms with van der Waals surface area (Å²) in [6.07, 6.45) is 2.70. The summed E-state index contributed by atoms with van der Waals surface area (Å²) in [5.74, 6) is -6.03. The number of rotatable bonds is 20. The maximum absolute atomic E-state index is 13.4. The monoisotopic (exact) mass is 702 g/mol. The van der Waals surface area contributed by atoms with Crippen molar-refractivity contribution >= 4 is 47.3 Å². The zero-order chi connectivity index (χ0) is 37.4. The SMILES string of the molecule is CCCC[C@H](N)C(=O)N1CCC[C@H]1C(=O)NCC(=O)N[C@@H](Cc1ccccc1)C(=O)N[C@@H](C)C(=O)N[C@@H](CCC(N)=O)C(=O)N[C@@H](C)C(=O)O. The Morgan fingerprint density at radius 2 is 1.52 bits per heavy atom. The number of amides is 7. The zero-order valence-electron chi connectivity index (χ0n) is 28.7. The van der Waals surface area contributed by atoms with Gasteiger partial charge in [0.15, 0.2) is 0 Å². The van der Waals surface area contributed by atoms with Gasteiger partial charge >= 0.3 is 5.97 Å². The molecular weight excluding hydrogens is 652 g/mol. The lowest BCUT2D eigenvalue weighted by Gasteiger charge is -2.27. The summed E-state index contributed by atoms with van der Waals surface area (Å²) in [6.45, 7) is 4.44. The number of carbonyl (C=O) groups is 8. The van der Waals surface area contributed by atoms with Gasteiger partial charge in [0.2, 0.25) is 41.4 Å². The summed E-state index contributed by atoms with van der Waals surface area (Å²) >= 11 is 0. The van der Waals surface area contributed by atoms with E-state index in [1.807, 2.05) is 6.92 Å². The van der Waals surface area contributed by atoms with E-state index in [0.717, 1.165) is 12.8 Å². The van der Waals surface area contributed by atoms with Crippen LogP contribution in [0, 0.1) is 0 Å². The number of carbonyl (C=O) groups excluding carboxylic acids is 7. The van der Waals surface area contributed by atoms with Crippen LogP contribution in [0.2, 0.25) is 0 Å². The Hall–Kier alpha value is -5.06. The Kier molecular flexibility index (Phi) is 16.8. The first-order chi connectivity index (χ1) is 23.6. The number of likely N-dealkylation sites (tertiary alicyclic amines) is 1. The molecule has 0 radical (unpaired) electrons. The minimum absolute atomic E-state index is 0.0258. The molecule has 50 heavy (non-hydrogen) atoms. The molecule has 0 saturated carbocycles. The number of hydrogen-bond acceptors (Lipinski definition) is 9. The second-order valence-corrected chi connectivity index (χ2v) is 12.3. The first kappa shape index (κ1) is 41.1. The molecule has 0 unspecified atom stereocenters. The van der Waals surface area contributed by atoms with Gasteiger partial charge in [-0.1, -0.05) is 50.1 Å². The van der Waals surface area contributed by atoms with Gasteiger partial charge in [0.25, 0.3) is 0 Å². The predicted octanol–water partition coefficient (Wildman–Crippen LogP) is -1.82. The first-order valence-corrected chi connectivity index (χ1v) is 16.7. The van der Waals surface area contributed by atoms with E-state index in [4.69, 9.17) is 16.6 Å². The molecule has 0 aromatic heterocycles. The quantitative estimate of drug-likeness (QED) is 0.0754. The highest BCUT2D eigenvalue weighted by Crippen LogP contribution is 2.19. The van der Waals surface area contributed by atoms with E-state index in [1.165, 1.54) is 18.7 Å². The molecule has 276 valence electrons. The van der Waals surface area contributed by atoms with Gasteiger partial charge in [-0.15, -0.1) is 0 Å². The first-order valence-electron chi connectivity index (χ1n) is 16.7. The maximum Gasteiger partial charge on any atom is 0.325 e. The average Bonchev–Trinajstić information content (AvgIpc) is 3.57. The van der Waals surface area contributed by atoms with Crippen molar-refractivity contribution in [3.05, 3.63) is 35.9 Å². The topological polar surface area (TPSA) is 272 Å². The van der Waals surface area contributed by atoms with E-state index in [9.17, 15) is 38.4 Å². The van der Waals surface area contributed by atoms with E-state index >= 15 is 0 Å². The number of aliphatic carboxylic acids is 1. The largest absolute Gasteiger partial charge is 0.480 e. The molecule has 6 atom stereocenters. The highest BCUT2D eigenvalue weighted by molar-refractivity contribution is 5.96. The molecule has 1 aromatic carbocycles. The number of carboxylic acids is 1. The van der Waals surface area contributed by atoms with Gasteiger partial charge in [0.05, 0.1) is 12.6 Å². The highest BCUT2D eigenvalue weighted by atomic mass is 16.4. The van der Waals surface area contributed by atoms with Gasteiger partial charge in [-0.25, -0.2) is 0 Å². The summed E-state index contributed by atoms with van der Waals surface area (Å²) in [5, 5.41) is 21.4. The molecule has 2 rings (SSSR count). The molecule has 0 spiro atoms. The lowest BCUT2D eigenvalue weighted by atomic mass is 10.0. The summed E-state index contributed by atoms with van der Waals surface area (Å²) in [4.78, 5) is 102. The second kappa shape index (κ2) is 20.5. The van der Waals surface area contributed by atoms with Crippen LogP contribution in [0.25, 0.3) is 0 Å². The van der Waals surface area contributed by atoms with Crippen molar-refractivity contribution in [3.8, 4) is 0 Å². The van der Waals surface area contributed by atoms with Crippen molar-refractivity contribution in [1.82, 2.24) is 31.5 Å². The van der Waals surface area contributed by atoms with E-state index in [1.54, 1.807) is 30.3 Å². The predicted molar refractivity (Wildman–Crippen MR) is 181 cm³/mol. The molecule has 7 amide bonds. The molecule has 17 heteroatoms. The number of carboxylic acid groups (broad SMARTS) is 1. The third-order valence-corrected chi connectivity index (χ3v) is 8.18. The minimum atomic E-state index is -1.34. The third kappa shape index (κ3) is 13.4. The van der Waals surface area contributed by atoms with Crippen molar-refractivity contribution in [2.75, 3.05) is 13.1 Å². The van der Waals surface area contributed by atoms with Gasteiger partial charge in [0, 0.05) is 19.4 Å². The molecule has 1 aliphatic heterocycles. The van der Waals surface area contributed by atoms with Crippen molar-refractivity contribution in [3.63, 3.8) is 0 Å². The Balaban J connectivity index is 2.07. The molecular formula is C33H50N8O9. The van der Waals surface area contributed by atoms with Crippen molar-refractivity contribution in [2.24, 2.45) is 11.5 Å². The fraction of sp³-hybridized carbons (Fsp3) is 0.576. The van der Waals surface area contributed by atoms with Crippen LogP contribution in [0.3, 0.4) is 0 Å². The summed E-state index contributed by atoms with van der Waals surface area (Å²) < 4.78 is 0. The Morgan fingerprint density at radius 3 is 2.14 bits per heavy atom. The molecule has 0 aliphatic carbocycles. The van der Waals surface area contributed by atoms with Crippen LogP contribution in [0.4, 0.5) is 0 Å². The Bertz CT molecular complexity index is 1380. The normalized spacial score (nSPS) is 16.9. The van der Waals surface area contributed by atoms with Crippen LogP contribution in [-0.2, 0) is 44.8 Å². The fourth-order valence-electron chi connectivity index (χ4n) is 5.26. The van der Waals surface area contributed by atoms with E-state index in [-0.39, 0.29) is 25.2 Å². The number of nitrogens with one attached hydrogen (secondary N) is 5. The third-order valence-electron chi connectivity index (χ3n) is 8.18. The van der Waals surface area contributed by atoms with Crippen LogP contribution in [0.5, 0.6) is 0 Å². The molecule has 10 N–H and O–H groups in total. The van der Waals surface area contributed by atoms with Crippen LogP contribution < -0.4 is 38.1 Å². The van der Waals surface area contributed by atoms with Gasteiger partial charge in [-0.3, -0.25) is 38.4 Å². The standard InChI is InChI=1S/C33H50N8O9/c1-4-5-12-22(34)32(48)41-16-9-13-25(41)31(47)36-18-27(43)39-24(17-21-10-7-6-8-11-21)30(46)37-19(2)28(44)40-23(14-15-26(35)42)29(45)38-20(3)33(49)50/h6-8,10-11,19-20,22-25H,4-5,9,12-18,34H2,1-3H3,(H2,35,42)(H,36,47)(H,37,46)(H,38,45)(H,39,43)(H,40,44)(H,49,50)/t19-,20-,22-,23-,24-,25-/m0/s1. The molecule has 0 bridgehead atoms. The lowest BCUT2D eigenvalue weighted by Crippen LogP contribution is -2.57. The molecule has 1 aliphatic rings. The number of unbranched alkanes of at least 4 members (excludes halogenated alkanes) is 1. The van der Waals surface area contributed by atoms with Crippen molar-refractivity contribution < 1.29 is 43.5 Å². The zero-order valence-corrected chi connectivity index (χ0v) is 28.7. The number of nitrogens with zero attached hydrogens (tertiary/aromatic N) is 1. The molecule has 1 aromatic rings. The number of primary amides is 1.